The normalized spacial score (nSPS) is 19.0. The first-order valence-electron chi connectivity index (χ1n) is 7.51. The van der Waals surface area contributed by atoms with Crippen LogP contribution in [0, 0.1) is 0 Å². The molecule has 1 fully saturated rings. The summed E-state index contributed by atoms with van der Waals surface area (Å²) < 4.78 is 77.1. The highest BCUT2D eigenvalue weighted by Gasteiger charge is 2.38. The highest BCUT2D eigenvalue weighted by molar-refractivity contribution is 7.16. The van der Waals surface area contributed by atoms with E-state index in [2.05, 4.69) is 20.3 Å². The second-order valence-electron chi connectivity index (χ2n) is 5.76. The maximum absolute atomic E-state index is 13.1. The molecule has 2 aromatic rings. The van der Waals surface area contributed by atoms with Gasteiger partial charge in [0.05, 0.1) is 0 Å². The second-order valence-corrected chi connectivity index (χ2v) is 6.74. The Hall–Kier alpha value is -1.95. The molecule has 12 heteroatoms. The first-order chi connectivity index (χ1) is 12.1. The van der Waals surface area contributed by atoms with Crippen molar-refractivity contribution in [1.82, 2.24) is 20.3 Å². The number of piperazine rings is 1. The average Bonchev–Trinajstić information content (AvgIpc) is 3.00. The SMILES string of the molecule is CC1CN(c2sc(C(F)(F)F)nc2-c2cnc(C(F)(F)F)nc2)CCN1. The van der Waals surface area contributed by atoms with Gasteiger partial charge in [-0.25, -0.2) is 15.0 Å². The minimum absolute atomic E-state index is 0.00550. The molecule has 2 aromatic heterocycles. The van der Waals surface area contributed by atoms with Crippen molar-refractivity contribution in [3.05, 3.63) is 23.2 Å². The number of hydrogen-bond donors (Lipinski definition) is 1. The van der Waals surface area contributed by atoms with Gasteiger partial charge in [0, 0.05) is 43.6 Å². The van der Waals surface area contributed by atoms with Crippen molar-refractivity contribution in [3.8, 4) is 11.3 Å². The van der Waals surface area contributed by atoms with Gasteiger partial charge in [-0.15, -0.1) is 0 Å². The topological polar surface area (TPSA) is 53.9 Å². The molecule has 1 saturated heterocycles. The van der Waals surface area contributed by atoms with Crippen molar-refractivity contribution >= 4 is 16.3 Å². The summed E-state index contributed by atoms with van der Waals surface area (Å²) in [5.74, 6) is -1.36. The van der Waals surface area contributed by atoms with Crippen LogP contribution in [0.5, 0.6) is 0 Å². The summed E-state index contributed by atoms with van der Waals surface area (Å²) in [5, 5.41) is 2.36. The number of nitrogens with one attached hydrogen (secondary N) is 1. The molecule has 0 saturated carbocycles. The summed E-state index contributed by atoms with van der Waals surface area (Å²) in [6, 6.07) is 0.0527. The molecule has 1 N–H and O–H groups in total. The van der Waals surface area contributed by atoms with Crippen LogP contribution in [0.2, 0.25) is 0 Å². The molecule has 0 spiro atoms. The van der Waals surface area contributed by atoms with Gasteiger partial charge in [0.2, 0.25) is 10.8 Å². The lowest BCUT2D eigenvalue weighted by Gasteiger charge is -2.32. The molecule has 1 aliphatic rings. The fraction of sp³-hybridized carbons (Fsp3) is 0.500. The number of nitrogens with zero attached hydrogens (tertiary/aromatic N) is 4. The van der Waals surface area contributed by atoms with Gasteiger partial charge in [0.1, 0.15) is 10.7 Å². The Morgan fingerprint density at radius 3 is 2.31 bits per heavy atom. The number of aromatic nitrogens is 3. The van der Waals surface area contributed by atoms with Crippen molar-refractivity contribution < 1.29 is 26.3 Å². The van der Waals surface area contributed by atoms with Gasteiger partial charge in [0.15, 0.2) is 0 Å². The fourth-order valence-corrected chi connectivity index (χ4v) is 3.54. The standard InChI is InChI=1S/C14H13F6N5S/c1-7-6-25(3-2-21-7)10-9(24-12(26-10)14(18,19)20)8-4-22-11(23-5-8)13(15,16)17/h4-5,7,21H,2-3,6H2,1H3. The molecule has 0 aromatic carbocycles. The molecule has 26 heavy (non-hydrogen) atoms. The van der Waals surface area contributed by atoms with Gasteiger partial charge >= 0.3 is 12.4 Å². The summed E-state index contributed by atoms with van der Waals surface area (Å²) >= 11 is 0.464. The van der Waals surface area contributed by atoms with E-state index in [1.54, 1.807) is 4.90 Å². The molecule has 3 rings (SSSR count). The maximum Gasteiger partial charge on any atom is 0.451 e. The average molecular weight is 397 g/mol. The molecule has 1 unspecified atom stereocenters. The Labute approximate surface area is 148 Å². The molecule has 0 aliphatic carbocycles. The molecular weight excluding hydrogens is 384 g/mol. The van der Waals surface area contributed by atoms with E-state index in [1.165, 1.54) is 0 Å². The smallest absolute Gasteiger partial charge is 0.359 e. The number of rotatable bonds is 2. The molecule has 0 bridgehead atoms. The number of alkyl halides is 6. The summed E-state index contributed by atoms with van der Waals surface area (Å²) in [4.78, 5) is 11.8. The lowest BCUT2D eigenvalue weighted by atomic mass is 10.2. The van der Waals surface area contributed by atoms with E-state index in [-0.39, 0.29) is 22.3 Å². The van der Waals surface area contributed by atoms with Crippen LogP contribution in [-0.4, -0.2) is 40.6 Å². The van der Waals surface area contributed by atoms with Crippen LogP contribution >= 0.6 is 11.3 Å². The molecular formula is C14H13F6N5S. The zero-order valence-electron chi connectivity index (χ0n) is 13.3. The first kappa shape index (κ1) is 18.8. The lowest BCUT2D eigenvalue weighted by molar-refractivity contribution is -0.145. The van der Waals surface area contributed by atoms with Crippen LogP contribution in [0.1, 0.15) is 17.8 Å². The Bertz CT molecular complexity index is 770. The third kappa shape index (κ3) is 3.90. The zero-order chi connectivity index (χ0) is 19.1. The highest BCUT2D eigenvalue weighted by atomic mass is 32.1. The van der Waals surface area contributed by atoms with E-state index in [0.717, 1.165) is 12.4 Å². The van der Waals surface area contributed by atoms with Gasteiger partial charge < -0.3 is 10.2 Å². The largest absolute Gasteiger partial charge is 0.451 e. The molecule has 1 atom stereocenters. The van der Waals surface area contributed by atoms with Crippen molar-refractivity contribution in [2.24, 2.45) is 0 Å². The molecule has 3 heterocycles. The van der Waals surface area contributed by atoms with Gasteiger partial charge in [0.25, 0.3) is 0 Å². The van der Waals surface area contributed by atoms with Gasteiger partial charge in [-0.05, 0) is 6.92 Å². The number of halogens is 6. The molecule has 5 nitrogen and oxygen atoms in total. The van der Waals surface area contributed by atoms with Crippen LogP contribution in [0.15, 0.2) is 12.4 Å². The quantitative estimate of drug-likeness (QED) is 0.787. The van der Waals surface area contributed by atoms with Crippen LogP contribution in [0.25, 0.3) is 11.3 Å². The Kier molecular flexibility index (Phi) is 4.82. The predicted octanol–water partition coefficient (Wildman–Crippen LogP) is 3.44. The van der Waals surface area contributed by atoms with Gasteiger partial charge in [-0.3, -0.25) is 0 Å². The van der Waals surface area contributed by atoms with Crippen molar-refractivity contribution in [1.29, 1.82) is 0 Å². The minimum atomic E-state index is -4.73. The van der Waals surface area contributed by atoms with Crippen molar-refractivity contribution in [3.63, 3.8) is 0 Å². The Balaban J connectivity index is 2.03. The zero-order valence-corrected chi connectivity index (χ0v) is 14.1. The summed E-state index contributed by atoms with van der Waals surface area (Å²) in [7, 11) is 0. The van der Waals surface area contributed by atoms with Crippen LogP contribution in [0.4, 0.5) is 31.3 Å². The summed E-state index contributed by atoms with van der Waals surface area (Å²) in [6.45, 7) is 3.37. The third-order valence-electron chi connectivity index (χ3n) is 3.69. The van der Waals surface area contributed by atoms with Crippen molar-refractivity contribution in [2.75, 3.05) is 24.5 Å². The van der Waals surface area contributed by atoms with E-state index in [1.807, 2.05) is 6.92 Å². The Morgan fingerprint density at radius 2 is 1.77 bits per heavy atom. The number of thiazole rings is 1. The number of hydrogen-bond acceptors (Lipinski definition) is 6. The highest BCUT2D eigenvalue weighted by Crippen LogP contribution is 2.42. The molecule has 0 radical (unpaired) electrons. The van der Waals surface area contributed by atoms with E-state index >= 15 is 0 Å². The van der Waals surface area contributed by atoms with Crippen LogP contribution in [0.3, 0.4) is 0 Å². The van der Waals surface area contributed by atoms with E-state index in [9.17, 15) is 26.3 Å². The number of anilines is 1. The van der Waals surface area contributed by atoms with Gasteiger partial charge in [-0.2, -0.15) is 26.3 Å². The van der Waals surface area contributed by atoms with Crippen LogP contribution in [-0.2, 0) is 12.4 Å². The summed E-state index contributed by atoms with van der Waals surface area (Å²) in [6.07, 6.45) is -7.68. The predicted molar refractivity (Wildman–Crippen MR) is 82.8 cm³/mol. The maximum atomic E-state index is 13.1. The van der Waals surface area contributed by atoms with Crippen molar-refractivity contribution in [2.45, 2.75) is 25.3 Å². The minimum Gasteiger partial charge on any atom is -0.359 e. The molecule has 1 aliphatic heterocycles. The third-order valence-corrected chi connectivity index (χ3v) is 4.85. The van der Waals surface area contributed by atoms with E-state index in [4.69, 9.17) is 0 Å². The van der Waals surface area contributed by atoms with Crippen LogP contribution < -0.4 is 10.2 Å². The lowest BCUT2D eigenvalue weighted by Crippen LogP contribution is -2.49. The fourth-order valence-electron chi connectivity index (χ4n) is 2.55. The summed E-state index contributed by atoms with van der Waals surface area (Å²) in [5.41, 5.74) is -0.0592. The first-order valence-corrected chi connectivity index (χ1v) is 8.33. The Morgan fingerprint density at radius 1 is 1.12 bits per heavy atom. The van der Waals surface area contributed by atoms with E-state index < -0.39 is 23.2 Å². The second kappa shape index (κ2) is 6.65. The molecule has 142 valence electrons. The molecule has 0 amide bonds. The van der Waals surface area contributed by atoms with Gasteiger partial charge in [-0.1, -0.05) is 11.3 Å². The monoisotopic (exact) mass is 397 g/mol. The van der Waals surface area contributed by atoms with E-state index in [0.29, 0.717) is 31.0 Å².